The van der Waals surface area contributed by atoms with E-state index in [0.717, 1.165) is 22.9 Å². The summed E-state index contributed by atoms with van der Waals surface area (Å²) >= 11 is 0. The third-order valence-corrected chi connectivity index (χ3v) is 4.63. The molecule has 1 unspecified atom stereocenters. The summed E-state index contributed by atoms with van der Waals surface area (Å²) in [7, 11) is 0. The molecule has 6 heteroatoms. The van der Waals surface area contributed by atoms with Crippen LogP contribution in [0.2, 0.25) is 0 Å². The highest BCUT2D eigenvalue weighted by Gasteiger charge is 2.39. The first-order valence-electron chi connectivity index (χ1n) is 9.88. The predicted molar refractivity (Wildman–Crippen MR) is 122 cm³/mol. The van der Waals surface area contributed by atoms with Crippen molar-refractivity contribution in [2.45, 2.75) is 39.7 Å². The topological polar surface area (TPSA) is 62.6 Å². The van der Waals surface area contributed by atoms with Gasteiger partial charge in [-0.15, -0.1) is 0 Å². The van der Waals surface area contributed by atoms with Crippen molar-refractivity contribution in [2.24, 2.45) is 4.99 Å². The van der Waals surface area contributed by atoms with Gasteiger partial charge < -0.3 is 15.0 Å². The van der Waals surface area contributed by atoms with Crippen LogP contribution in [0.15, 0.2) is 72.3 Å². The van der Waals surface area contributed by atoms with Crippen LogP contribution >= 0.6 is 0 Å². The lowest BCUT2D eigenvalue weighted by Crippen LogP contribution is -2.32. The van der Waals surface area contributed by atoms with Crippen LogP contribution in [0.5, 0.6) is 0 Å². The molecule has 1 aromatic heterocycles. The van der Waals surface area contributed by atoms with E-state index in [9.17, 15) is 0 Å². The second-order valence-electron chi connectivity index (χ2n) is 6.49. The number of anilines is 2. The molecule has 0 saturated heterocycles. The SMILES string of the molecule is C=C/C=N\C(=C/C)N1c2nc(NC(/C=C\C)=C/C=C)ncc2C(COCC)[C@H]1C. The zero-order chi connectivity index (χ0) is 21.2. The Morgan fingerprint density at radius 3 is 2.76 bits per heavy atom. The molecule has 0 spiro atoms. The summed E-state index contributed by atoms with van der Waals surface area (Å²) in [6, 6.07) is 0.132. The average molecular weight is 394 g/mol. The first-order valence-corrected chi connectivity index (χ1v) is 9.88. The summed E-state index contributed by atoms with van der Waals surface area (Å²) in [6.07, 6.45) is 14.7. The van der Waals surface area contributed by atoms with Gasteiger partial charge in [0.1, 0.15) is 11.6 Å². The van der Waals surface area contributed by atoms with Crippen molar-refractivity contribution < 1.29 is 4.74 Å². The van der Waals surface area contributed by atoms with E-state index in [2.05, 4.69) is 40.3 Å². The van der Waals surface area contributed by atoms with Crippen LogP contribution in [0, 0.1) is 0 Å². The van der Waals surface area contributed by atoms with Crippen molar-refractivity contribution >= 4 is 18.0 Å². The highest BCUT2D eigenvalue weighted by molar-refractivity contribution is 5.73. The Morgan fingerprint density at radius 2 is 2.14 bits per heavy atom. The van der Waals surface area contributed by atoms with Crippen LogP contribution in [0.1, 0.15) is 39.2 Å². The summed E-state index contributed by atoms with van der Waals surface area (Å²) in [5.74, 6) is 2.34. The van der Waals surface area contributed by atoms with E-state index in [-0.39, 0.29) is 12.0 Å². The molecule has 0 radical (unpaired) electrons. The third-order valence-electron chi connectivity index (χ3n) is 4.63. The minimum Gasteiger partial charge on any atom is -0.381 e. The van der Waals surface area contributed by atoms with Gasteiger partial charge in [0.25, 0.3) is 0 Å². The molecule has 1 aliphatic rings. The quantitative estimate of drug-likeness (QED) is 0.449. The molecule has 1 aliphatic heterocycles. The van der Waals surface area contributed by atoms with Gasteiger partial charge in [0, 0.05) is 42.2 Å². The molecule has 0 bridgehead atoms. The summed E-state index contributed by atoms with van der Waals surface area (Å²) in [5.41, 5.74) is 1.92. The van der Waals surface area contributed by atoms with Gasteiger partial charge in [0.2, 0.25) is 5.95 Å². The van der Waals surface area contributed by atoms with Gasteiger partial charge in [-0.3, -0.25) is 0 Å². The molecule has 2 rings (SSSR count). The van der Waals surface area contributed by atoms with E-state index in [1.54, 1.807) is 18.4 Å². The maximum absolute atomic E-state index is 5.75. The number of nitrogens with one attached hydrogen (secondary N) is 1. The van der Waals surface area contributed by atoms with Crippen LogP contribution in [0.25, 0.3) is 0 Å². The molecule has 1 aromatic rings. The summed E-state index contributed by atoms with van der Waals surface area (Å²) in [4.78, 5) is 16.0. The normalized spacial score (nSPS) is 19.8. The summed E-state index contributed by atoms with van der Waals surface area (Å²) in [5, 5.41) is 3.25. The van der Waals surface area contributed by atoms with E-state index >= 15 is 0 Å². The fourth-order valence-electron chi connectivity index (χ4n) is 3.30. The Balaban J connectivity index is 2.49. The first-order chi connectivity index (χ1) is 14.1. The van der Waals surface area contributed by atoms with Crippen LogP contribution in [0.4, 0.5) is 11.8 Å². The first kappa shape index (κ1) is 22.3. The van der Waals surface area contributed by atoms with Crippen molar-refractivity contribution in [2.75, 3.05) is 23.4 Å². The molecule has 1 N–H and O–H groups in total. The van der Waals surface area contributed by atoms with E-state index in [4.69, 9.17) is 9.72 Å². The molecule has 2 atom stereocenters. The molecule has 0 aliphatic carbocycles. The van der Waals surface area contributed by atoms with Gasteiger partial charge in [0.05, 0.1) is 6.61 Å². The number of allylic oxidation sites excluding steroid dienone is 6. The van der Waals surface area contributed by atoms with E-state index in [1.807, 2.05) is 51.3 Å². The number of aromatic nitrogens is 2. The number of rotatable bonds is 10. The zero-order valence-corrected chi connectivity index (χ0v) is 17.8. The summed E-state index contributed by atoms with van der Waals surface area (Å²) < 4.78 is 5.75. The van der Waals surface area contributed by atoms with Gasteiger partial charge in [-0.2, -0.15) is 4.98 Å². The number of fused-ring (bicyclic) bond motifs is 1. The second-order valence-corrected chi connectivity index (χ2v) is 6.49. The molecule has 29 heavy (non-hydrogen) atoms. The molecule has 154 valence electrons. The highest BCUT2D eigenvalue weighted by atomic mass is 16.5. The molecular formula is C23H31N5O. The Kier molecular flexibility index (Phi) is 8.55. The number of hydrogen-bond acceptors (Lipinski definition) is 6. The number of hydrogen-bond donors (Lipinski definition) is 1. The molecule has 6 nitrogen and oxygen atoms in total. The Bertz CT molecular complexity index is 838. The fourth-order valence-corrected chi connectivity index (χ4v) is 3.30. The smallest absolute Gasteiger partial charge is 0.229 e. The standard InChI is InChI=1S/C23H31N5O/c1-7-12-18(13-8-2)26-23-25-15-19-20(16-29-11-5)17(6)28(22(19)27-23)21(10-4)24-14-9-3/h7-10,12-15,17,20H,1,3,11,16H2,2,4-6H3,(H,25,26,27)/b13-8-,18-12+,21-10+,24-14-/t17-,20?/m1/s1. The molecule has 0 amide bonds. The highest BCUT2D eigenvalue weighted by Crippen LogP contribution is 2.42. The predicted octanol–water partition coefficient (Wildman–Crippen LogP) is 4.98. The van der Waals surface area contributed by atoms with Crippen LogP contribution in [-0.4, -0.2) is 35.4 Å². The minimum absolute atomic E-state index is 0.132. The minimum atomic E-state index is 0.132. The van der Waals surface area contributed by atoms with Gasteiger partial charge in [-0.25, -0.2) is 9.98 Å². The van der Waals surface area contributed by atoms with E-state index in [0.29, 0.717) is 19.2 Å². The van der Waals surface area contributed by atoms with Gasteiger partial charge in [0.15, 0.2) is 0 Å². The third kappa shape index (κ3) is 5.29. The Morgan fingerprint density at radius 1 is 1.34 bits per heavy atom. The lowest BCUT2D eigenvalue weighted by atomic mass is 9.99. The maximum Gasteiger partial charge on any atom is 0.229 e. The van der Waals surface area contributed by atoms with Crippen molar-refractivity contribution in [3.05, 3.63) is 72.9 Å². The Labute approximate surface area is 174 Å². The van der Waals surface area contributed by atoms with Crippen molar-refractivity contribution in [3.63, 3.8) is 0 Å². The molecular weight excluding hydrogens is 362 g/mol. The van der Waals surface area contributed by atoms with Crippen LogP contribution in [-0.2, 0) is 4.74 Å². The summed E-state index contributed by atoms with van der Waals surface area (Å²) in [6.45, 7) is 16.9. The number of aliphatic imine (C=N–C) groups is 1. The van der Waals surface area contributed by atoms with Crippen molar-refractivity contribution in [1.29, 1.82) is 0 Å². The maximum atomic E-state index is 5.75. The monoisotopic (exact) mass is 393 g/mol. The number of nitrogens with zero attached hydrogens (tertiary/aromatic N) is 4. The van der Waals surface area contributed by atoms with Gasteiger partial charge in [-0.1, -0.05) is 31.4 Å². The second kappa shape index (κ2) is 11.1. The lowest BCUT2D eigenvalue weighted by molar-refractivity contribution is 0.129. The molecule has 2 heterocycles. The van der Waals surface area contributed by atoms with Crippen LogP contribution < -0.4 is 10.2 Å². The number of ether oxygens (including phenoxy) is 1. The molecule has 0 saturated carbocycles. The fraction of sp³-hybridized carbons (Fsp3) is 0.348. The van der Waals surface area contributed by atoms with E-state index < -0.39 is 0 Å². The molecule has 0 aromatic carbocycles. The lowest BCUT2D eigenvalue weighted by Gasteiger charge is -2.26. The Hall–Kier alpha value is -2.99. The van der Waals surface area contributed by atoms with E-state index in [1.165, 1.54) is 0 Å². The van der Waals surface area contributed by atoms with Crippen molar-refractivity contribution in [1.82, 2.24) is 9.97 Å². The molecule has 0 fully saturated rings. The van der Waals surface area contributed by atoms with Crippen LogP contribution in [0.3, 0.4) is 0 Å². The largest absolute Gasteiger partial charge is 0.381 e. The van der Waals surface area contributed by atoms with Gasteiger partial charge >= 0.3 is 0 Å². The van der Waals surface area contributed by atoms with Crippen molar-refractivity contribution in [3.8, 4) is 0 Å². The zero-order valence-electron chi connectivity index (χ0n) is 17.8. The van der Waals surface area contributed by atoms with Gasteiger partial charge in [-0.05, 0) is 45.9 Å². The average Bonchev–Trinajstić information content (AvgIpc) is 2.98.